The van der Waals surface area contributed by atoms with E-state index in [4.69, 9.17) is 9.52 Å². The van der Waals surface area contributed by atoms with E-state index < -0.39 is 27.8 Å². The number of amides is 1. The molecule has 0 saturated carbocycles. The maximum absolute atomic E-state index is 12.7. The number of rotatable bonds is 4. The Morgan fingerprint density at radius 1 is 1.57 bits per heavy atom. The molecule has 8 nitrogen and oxygen atoms in total. The van der Waals surface area contributed by atoms with Crippen LogP contribution < -0.4 is 5.32 Å². The monoisotopic (exact) mass is 316 g/mol. The fourth-order valence-corrected chi connectivity index (χ4v) is 4.15. The van der Waals surface area contributed by atoms with Gasteiger partial charge in [0.25, 0.3) is 0 Å². The summed E-state index contributed by atoms with van der Waals surface area (Å²) in [4.78, 5) is 22.4. The van der Waals surface area contributed by atoms with Crippen LogP contribution in [0.5, 0.6) is 0 Å². The molecule has 1 saturated heterocycles. The normalized spacial score (nSPS) is 20.3. The van der Waals surface area contributed by atoms with Crippen LogP contribution in [-0.2, 0) is 14.8 Å². The summed E-state index contributed by atoms with van der Waals surface area (Å²) in [6, 6.07) is 0.179. The average Bonchev–Trinajstić information content (AvgIpc) is 2.81. The molecule has 1 aliphatic heterocycles. The highest BCUT2D eigenvalue weighted by atomic mass is 32.2. The van der Waals surface area contributed by atoms with Crippen LogP contribution in [0, 0.1) is 6.92 Å². The van der Waals surface area contributed by atoms with Crippen LogP contribution in [0.3, 0.4) is 0 Å². The smallest absolute Gasteiger partial charge is 0.371 e. The molecule has 1 unspecified atom stereocenters. The molecule has 0 bridgehead atoms. The molecule has 2 heterocycles. The number of furan rings is 1. The number of hydrogen-bond donors (Lipinski definition) is 2. The Kier molecular flexibility index (Phi) is 4.06. The number of carboxylic acids is 1. The van der Waals surface area contributed by atoms with Gasteiger partial charge >= 0.3 is 5.97 Å². The van der Waals surface area contributed by atoms with E-state index in [0.29, 0.717) is 6.42 Å². The van der Waals surface area contributed by atoms with E-state index in [1.165, 1.54) is 6.92 Å². The fraction of sp³-hybridized carbons (Fsp3) is 0.500. The van der Waals surface area contributed by atoms with Crippen LogP contribution >= 0.6 is 0 Å². The zero-order chi connectivity index (χ0) is 15.8. The minimum Gasteiger partial charge on any atom is -0.475 e. The Morgan fingerprint density at radius 3 is 2.76 bits per heavy atom. The number of sulfonamides is 1. The average molecular weight is 316 g/mol. The van der Waals surface area contributed by atoms with Crippen molar-refractivity contribution in [3.05, 3.63) is 17.6 Å². The van der Waals surface area contributed by atoms with Crippen molar-refractivity contribution in [2.45, 2.75) is 31.2 Å². The SMILES string of the molecule is CCC1C(=O)NCCN1S(=O)(=O)c1cc(C(=O)O)oc1C. The predicted molar refractivity (Wildman–Crippen MR) is 71.4 cm³/mol. The lowest BCUT2D eigenvalue weighted by Gasteiger charge is -2.33. The number of piperazine rings is 1. The minimum absolute atomic E-state index is 0.00626. The Balaban J connectivity index is 2.46. The van der Waals surface area contributed by atoms with Gasteiger partial charge in [0.05, 0.1) is 0 Å². The summed E-state index contributed by atoms with van der Waals surface area (Å²) in [6.07, 6.45) is 0.327. The molecular weight excluding hydrogens is 300 g/mol. The van der Waals surface area contributed by atoms with E-state index in [2.05, 4.69) is 5.32 Å². The van der Waals surface area contributed by atoms with Crippen LogP contribution in [0.4, 0.5) is 0 Å². The van der Waals surface area contributed by atoms with Crippen molar-refractivity contribution in [2.75, 3.05) is 13.1 Å². The molecule has 0 aromatic carbocycles. The van der Waals surface area contributed by atoms with Crippen LogP contribution in [0.25, 0.3) is 0 Å². The van der Waals surface area contributed by atoms with Crippen molar-refractivity contribution in [3.63, 3.8) is 0 Å². The van der Waals surface area contributed by atoms with E-state index >= 15 is 0 Å². The zero-order valence-corrected chi connectivity index (χ0v) is 12.4. The molecule has 2 N–H and O–H groups in total. The van der Waals surface area contributed by atoms with Crippen LogP contribution in [0.2, 0.25) is 0 Å². The topological polar surface area (TPSA) is 117 Å². The van der Waals surface area contributed by atoms with Gasteiger partial charge in [0.15, 0.2) is 0 Å². The number of nitrogens with one attached hydrogen (secondary N) is 1. The first kappa shape index (κ1) is 15.5. The molecule has 21 heavy (non-hydrogen) atoms. The number of aromatic carboxylic acids is 1. The highest BCUT2D eigenvalue weighted by Crippen LogP contribution is 2.26. The van der Waals surface area contributed by atoms with Crippen molar-refractivity contribution >= 4 is 21.9 Å². The van der Waals surface area contributed by atoms with Crippen molar-refractivity contribution in [1.82, 2.24) is 9.62 Å². The second kappa shape index (κ2) is 5.49. The second-order valence-corrected chi connectivity index (χ2v) is 6.53. The first-order chi connectivity index (χ1) is 9.78. The third kappa shape index (κ3) is 2.66. The lowest BCUT2D eigenvalue weighted by atomic mass is 10.2. The van der Waals surface area contributed by atoms with Gasteiger partial charge in [-0.3, -0.25) is 4.79 Å². The number of carbonyl (C=O) groups excluding carboxylic acids is 1. The predicted octanol–water partition coefficient (Wildman–Crippen LogP) is 0.185. The summed E-state index contributed by atoms with van der Waals surface area (Å²) >= 11 is 0. The lowest BCUT2D eigenvalue weighted by molar-refractivity contribution is -0.126. The fourth-order valence-electron chi connectivity index (χ4n) is 2.32. The molecule has 0 radical (unpaired) electrons. The maximum Gasteiger partial charge on any atom is 0.371 e. The molecule has 0 spiro atoms. The molecule has 1 amide bonds. The van der Waals surface area contributed by atoms with Gasteiger partial charge in [0.1, 0.15) is 16.7 Å². The molecule has 0 aliphatic carbocycles. The van der Waals surface area contributed by atoms with E-state index in [0.717, 1.165) is 10.4 Å². The van der Waals surface area contributed by atoms with Gasteiger partial charge in [-0.2, -0.15) is 4.31 Å². The van der Waals surface area contributed by atoms with Crippen molar-refractivity contribution in [1.29, 1.82) is 0 Å². The van der Waals surface area contributed by atoms with Gasteiger partial charge in [-0.1, -0.05) is 6.92 Å². The molecule has 1 fully saturated rings. The number of aryl methyl sites for hydroxylation is 1. The van der Waals surface area contributed by atoms with Gasteiger partial charge in [-0.15, -0.1) is 0 Å². The van der Waals surface area contributed by atoms with Gasteiger partial charge in [-0.25, -0.2) is 13.2 Å². The number of carbonyl (C=O) groups is 2. The summed E-state index contributed by atoms with van der Waals surface area (Å²) < 4.78 is 31.3. The van der Waals surface area contributed by atoms with E-state index in [9.17, 15) is 18.0 Å². The van der Waals surface area contributed by atoms with Crippen LogP contribution in [0.1, 0.15) is 29.7 Å². The van der Waals surface area contributed by atoms with Gasteiger partial charge < -0.3 is 14.8 Å². The maximum atomic E-state index is 12.7. The molecule has 1 aromatic rings. The molecule has 1 aromatic heterocycles. The summed E-state index contributed by atoms with van der Waals surface area (Å²) in [5.74, 6) is -2.15. The first-order valence-corrected chi connectivity index (χ1v) is 7.86. The van der Waals surface area contributed by atoms with Gasteiger partial charge in [0.2, 0.25) is 21.7 Å². The zero-order valence-electron chi connectivity index (χ0n) is 11.6. The highest BCUT2D eigenvalue weighted by Gasteiger charge is 2.39. The van der Waals surface area contributed by atoms with E-state index in [-0.39, 0.29) is 29.7 Å². The highest BCUT2D eigenvalue weighted by molar-refractivity contribution is 7.89. The van der Waals surface area contributed by atoms with Gasteiger partial charge in [0, 0.05) is 19.2 Å². The van der Waals surface area contributed by atoms with Crippen molar-refractivity contribution in [3.8, 4) is 0 Å². The van der Waals surface area contributed by atoms with Crippen LogP contribution in [0.15, 0.2) is 15.4 Å². The molecule has 116 valence electrons. The largest absolute Gasteiger partial charge is 0.475 e. The molecule has 1 atom stereocenters. The van der Waals surface area contributed by atoms with Crippen molar-refractivity contribution < 1.29 is 27.5 Å². The summed E-state index contributed by atoms with van der Waals surface area (Å²) in [6.45, 7) is 3.45. The lowest BCUT2D eigenvalue weighted by Crippen LogP contribution is -2.56. The van der Waals surface area contributed by atoms with E-state index in [1.54, 1.807) is 6.92 Å². The molecular formula is C12H16N2O6S. The summed E-state index contributed by atoms with van der Waals surface area (Å²) in [5, 5.41) is 11.5. The number of carboxylic acid groups (broad SMARTS) is 1. The summed E-state index contributed by atoms with van der Waals surface area (Å²) in [5.41, 5.74) is 0. The Bertz CT molecular complexity index is 678. The Hall–Kier alpha value is -1.87. The van der Waals surface area contributed by atoms with E-state index in [1.807, 2.05) is 0 Å². The molecule has 1 aliphatic rings. The Labute approximate surface area is 121 Å². The number of hydrogen-bond acceptors (Lipinski definition) is 5. The molecule has 9 heteroatoms. The first-order valence-electron chi connectivity index (χ1n) is 6.42. The van der Waals surface area contributed by atoms with Crippen LogP contribution in [-0.4, -0.2) is 48.8 Å². The second-order valence-electron chi connectivity index (χ2n) is 4.67. The quantitative estimate of drug-likeness (QED) is 0.818. The van der Waals surface area contributed by atoms with Crippen molar-refractivity contribution in [2.24, 2.45) is 0 Å². The standard InChI is InChI=1S/C12H16N2O6S/c1-3-8-11(15)13-4-5-14(8)21(18,19)10-6-9(12(16)17)20-7(10)2/h6,8H,3-5H2,1-2H3,(H,13,15)(H,16,17). The number of nitrogens with zero attached hydrogens (tertiary/aromatic N) is 1. The summed E-state index contributed by atoms with van der Waals surface area (Å²) in [7, 11) is -3.98. The van der Waals surface area contributed by atoms with Gasteiger partial charge in [-0.05, 0) is 13.3 Å². The third-order valence-corrected chi connectivity index (χ3v) is 5.35. The minimum atomic E-state index is -3.98. The Morgan fingerprint density at radius 2 is 2.24 bits per heavy atom. The molecule has 2 rings (SSSR count). The third-order valence-electron chi connectivity index (χ3n) is 3.34.